The van der Waals surface area contributed by atoms with Gasteiger partial charge in [0.25, 0.3) is 0 Å². The molecule has 168 valence electrons. The molecule has 1 saturated heterocycles. The Labute approximate surface area is 182 Å². The topological polar surface area (TPSA) is 69.1 Å². The SMILES string of the molecule is CCNC(=NCC(O)c1cccc(OC)c1)NC1CCN(CC2CCCCC2)CC1. The number of nitrogens with zero attached hydrogens (tertiary/aromatic N) is 2. The van der Waals surface area contributed by atoms with E-state index < -0.39 is 6.10 Å². The number of likely N-dealkylation sites (tertiary alicyclic amines) is 1. The van der Waals surface area contributed by atoms with Gasteiger partial charge >= 0.3 is 0 Å². The van der Waals surface area contributed by atoms with Gasteiger partial charge in [-0.2, -0.15) is 0 Å². The molecule has 3 N–H and O–H groups in total. The summed E-state index contributed by atoms with van der Waals surface area (Å²) >= 11 is 0. The van der Waals surface area contributed by atoms with Crippen LogP contribution in [0.3, 0.4) is 0 Å². The van der Waals surface area contributed by atoms with E-state index in [-0.39, 0.29) is 0 Å². The minimum absolute atomic E-state index is 0.322. The summed E-state index contributed by atoms with van der Waals surface area (Å²) in [5, 5.41) is 17.4. The number of hydrogen-bond acceptors (Lipinski definition) is 4. The van der Waals surface area contributed by atoms with Gasteiger partial charge < -0.3 is 25.4 Å². The largest absolute Gasteiger partial charge is 0.497 e. The molecule has 1 aliphatic heterocycles. The average molecular weight is 417 g/mol. The molecule has 6 heteroatoms. The van der Waals surface area contributed by atoms with E-state index in [1.807, 2.05) is 24.3 Å². The third kappa shape index (κ3) is 7.17. The van der Waals surface area contributed by atoms with Crippen molar-refractivity contribution < 1.29 is 9.84 Å². The van der Waals surface area contributed by atoms with Gasteiger partial charge in [-0.25, -0.2) is 0 Å². The molecule has 0 radical (unpaired) electrons. The van der Waals surface area contributed by atoms with Gasteiger partial charge in [0, 0.05) is 32.2 Å². The highest BCUT2D eigenvalue weighted by Gasteiger charge is 2.23. The Hall–Kier alpha value is -1.79. The lowest BCUT2D eigenvalue weighted by atomic mass is 9.88. The second-order valence-electron chi connectivity index (χ2n) is 8.74. The summed E-state index contributed by atoms with van der Waals surface area (Å²) < 4.78 is 5.25. The summed E-state index contributed by atoms with van der Waals surface area (Å²) in [7, 11) is 1.64. The molecule has 1 aromatic carbocycles. The Bertz CT molecular complexity index is 652. The van der Waals surface area contributed by atoms with E-state index in [0.29, 0.717) is 12.6 Å². The summed E-state index contributed by atoms with van der Waals surface area (Å²) in [5.74, 6) is 2.46. The number of aliphatic hydroxyl groups excluding tert-OH is 1. The maximum atomic E-state index is 10.5. The van der Waals surface area contributed by atoms with Gasteiger partial charge in [0.15, 0.2) is 5.96 Å². The lowest BCUT2D eigenvalue weighted by Gasteiger charge is -2.36. The van der Waals surface area contributed by atoms with E-state index in [1.54, 1.807) is 7.11 Å². The zero-order valence-electron chi connectivity index (χ0n) is 18.8. The van der Waals surface area contributed by atoms with Crippen LogP contribution >= 0.6 is 0 Å². The summed E-state index contributed by atoms with van der Waals surface area (Å²) in [6.07, 6.45) is 8.77. The Balaban J connectivity index is 1.46. The molecule has 1 atom stereocenters. The third-order valence-corrected chi connectivity index (χ3v) is 6.41. The fourth-order valence-corrected chi connectivity index (χ4v) is 4.64. The number of aliphatic hydroxyl groups is 1. The second-order valence-corrected chi connectivity index (χ2v) is 8.74. The van der Waals surface area contributed by atoms with Crippen molar-refractivity contribution in [1.29, 1.82) is 0 Å². The van der Waals surface area contributed by atoms with Crippen molar-refractivity contribution in [2.24, 2.45) is 10.9 Å². The van der Waals surface area contributed by atoms with Gasteiger partial charge in [-0.1, -0.05) is 31.4 Å². The molecule has 2 fully saturated rings. The number of ether oxygens (including phenoxy) is 1. The van der Waals surface area contributed by atoms with Gasteiger partial charge in [0.2, 0.25) is 0 Å². The first-order valence-electron chi connectivity index (χ1n) is 11.8. The fraction of sp³-hybridized carbons (Fsp3) is 0.708. The molecule has 1 unspecified atom stereocenters. The van der Waals surface area contributed by atoms with Crippen LogP contribution in [0.4, 0.5) is 0 Å². The van der Waals surface area contributed by atoms with E-state index in [2.05, 4.69) is 27.4 Å². The highest BCUT2D eigenvalue weighted by molar-refractivity contribution is 5.80. The van der Waals surface area contributed by atoms with Crippen molar-refractivity contribution in [3.05, 3.63) is 29.8 Å². The first kappa shape index (κ1) is 22.9. The van der Waals surface area contributed by atoms with Crippen LogP contribution in [0.1, 0.15) is 63.5 Å². The smallest absolute Gasteiger partial charge is 0.191 e. The molecule has 0 bridgehead atoms. The first-order valence-corrected chi connectivity index (χ1v) is 11.8. The zero-order valence-corrected chi connectivity index (χ0v) is 18.8. The number of piperidine rings is 1. The number of hydrogen-bond donors (Lipinski definition) is 3. The summed E-state index contributed by atoms with van der Waals surface area (Å²) in [6.45, 7) is 6.82. The van der Waals surface area contributed by atoms with Crippen LogP contribution in [0.2, 0.25) is 0 Å². The Morgan fingerprint density at radius 2 is 1.97 bits per heavy atom. The van der Waals surface area contributed by atoms with Crippen LogP contribution < -0.4 is 15.4 Å². The third-order valence-electron chi connectivity index (χ3n) is 6.41. The molecule has 1 aromatic rings. The normalized spacial score (nSPS) is 20.7. The van der Waals surface area contributed by atoms with Crippen molar-refractivity contribution in [2.75, 3.05) is 39.8 Å². The number of aliphatic imine (C=N–C) groups is 1. The zero-order chi connectivity index (χ0) is 21.2. The standard InChI is InChI=1S/C24H40N4O2/c1-3-25-24(26-17-23(29)20-10-7-11-22(16-20)30-2)27-21-12-14-28(15-13-21)18-19-8-5-4-6-9-19/h7,10-11,16,19,21,23,29H,3-6,8-9,12-15,17-18H2,1-2H3,(H2,25,26,27). The second kappa shape index (κ2) is 12.2. The van der Waals surface area contributed by atoms with Crippen LogP contribution in [0.25, 0.3) is 0 Å². The molecular weight excluding hydrogens is 376 g/mol. The molecule has 30 heavy (non-hydrogen) atoms. The molecule has 0 spiro atoms. The van der Waals surface area contributed by atoms with Crippen LogP contribution in [0.5, 0.6) is 5.75 Å². The number of guanidine groups is 1. The molecule has 3 rings (SSSR count). The maximum absolute atomic E-state index is 10.5. The van der Waals surface area contributed by atoms with Crippen molar-refractivity contribution in [3.8, 4) is 5.75 Å². The lowest BCUT2D eigenvalue weighted by Crippen LogP contribution is -2.49. The van der Waals surface area contributed by atoms with E-state index in [1.165, 1.54) is 51.7 Å². The summed E-state index contributed by atoms with van der Waals surface area (Å²) in [6, 6.07) is 7.99. The van der Waals surface area contributed by atoms with Crippen LogP contribution in [0, 0.1) is 5.92 Å². The summed E-state index contributed by atoms with van der Waals surface area (Å²) in [4.78, 5) is 7.30. The first-order chi connectivity index (χ1) is 14.7. The highest BCUT2D eigenvalue weighted by atomic mass is 16.5. The Morgan fingerprint density at radius 1 is 1.20 bits per heavy atom. The Morgan fingerprint density at radius 3 is 2.67 bits per heavy atom. The lowest BCUT2D eigenvalue weighted by molar-refractivity contribution is 0.160. The van der Waals surface area contributed by atoms with Crippen molar-refractivity contribution in [1.82, 2.24) is 15.5 Å². The molecule has 0 amide bonds. The van der Waals surface area contributed by atoms with E-state index in [4.69, 9.17) is 4.74 Å². The van der Waals surface area contributed by atoms with Crippen LogP contribution in [-0.4, -0.2) is 61.8 Å². The van der Waals surface area contributed by atoms with Crippen LogP contribution in [0.15, 0.2) is 29.3 Å². The highest BCUT2D eigenvalue weighted by Crippen LogP contribution is 2.25. The van der Waals surface area contributed by atoms with Gasteiger partial charge in [-0.05, 0) is 56.2 Å². The van der Waals surface area contributed by atoms with E-state index >= 15 is 0 Å². The van der Waals surface area contributed by atoms with Crippen molar-refractivity contribution >= 4 is 5.96 Å². The fourth-order valence-electron chi connectivity index (χ4n) is 4.64. The van der Waals surface area contributed by atoms with E-state index in [9.17, 15) is 5.11 Å². The minimum Gasteiger partial charge on any atom is -0.497 e. The number of nitrogens with one attached hydrogen (secondary N) is 2. The molecule has 0 aromatic heterocycles. The average Bonchev–Trinajstić information content (AvgIpc) is 2.79. The monoisotopic (exact) mass is 416 g/mol. The predicted molar refractivity (Wildman–Crippen MR) is 123 cm³/mol. The van der Waals surface area contributed by atoms with Crippen LogP contribution in [-0.2, 0) is 0 Å². The van der Waals surface area contributed by atoms with Gasteiger partial charge in [-0.15, -0.1) is 0 Å². The number of methoxy groups -OCH3 is 1. The minimum atomic E-state index is -0.645. The quantitative estimate of drug-likeness (QED) is 0.448. The predicted octanol–water partition coefficient (Wildman–Crippen LogP) is 3.33. The molecule has 1 heterocycles. The Kier molecular flexibility index (Phi) is 9.27. The van der Waals surface area contributed by atoms with Crippen molar-refractivity contribution in [2.45, 2.75) is 64.0 Å². The molecule has 2 aliphatic rings. The maximum Gasteiger partial charge on any atom is 0.191 e. The van der Waals surface area contributed by atoms with Gasteiger partial charge in [0.05, 0.1) is 19.8 Å². The molecule has 1 aliphatic carbocycles. The summed E-state index contributed by atoms with van der Waals surface area (Å²) in [5.41, 5.74) is 0.824. The van der Waals surface area contributed by atoms with E-state index in [0.717, 1.165) is 42.6 Å². The number of benzene rings is 1. The van der Waals surface area contributed by atoms with Gasteiger partial charge in [0.1, 0.15) is 5.75 Å². The molecule has 6 nitrogen and oxygen atoms in total. The van der Waals surface area contributed by atoms with Crippen molar-refractivity contribution in [3.63, 3.8) is 0 Å². The van der Waals surface area contributed by atoms with Gasteiger partial charge in [-0.3, -0.25) is 4.99 Å². The molecule has 1 saturated carbocycles. The molecular formula is C24H40N4O2. The number of rotatable bonds is 8.